The second-order valence-electron chi connectivity index (χ2n) is 2.85. The molecule has 0 N–H and O–H groups in total. The van der Waals surface area contributed by atoms with Gasteiger partial charge in [-0.05, 0) is 0 Å². The van der Waals surface area contributed by atoms with Crippen molar-refractivity contribution in [2.45, 2.75) is 5.33 Å². The van der Waals surface area contributed by atoms with Gasteiger partial charge in [0.2, 0.25) is 0 Å². The van der Waals surface area contributed by atoms with Crippen LogP contribution in [0.4, 0.5) is 5.13 Å². The molecule has 0 aromatic carbocycles. The lowest BCUT2D eigenvalue weighted by Crippen LogP contribution is -2.36. The maximum Gasteiger partial charge on any atom is 0.185 e. The molecule has 1 fully saturated rings. The fourth-order valence-corrected chi connectivity index (χ4v) is 2.64. The Morgan fingerprint density at radius 3 is 2.92 bits per heavy atom. The molecule has 0 radical (unpaired) electrons. The molecule has 0 aliphatic carbocycles. The lowest BCUT2D eigenvalue weighted by Gasteiger charge is -2.25. The molecule has 1 aromatic rings. The van der Waals surface area contributed by atoms with Gasteiger partial charge >= 0.3 is 0 Å². The van der Waals surface area contributed by atoms with E-state index in [1.807, 2.05) is 0 Å². The molecule has 2 rings (SSSR count). The predicted octanol–water partition coefficient (Wildman–Crippen LogP) is 1.87. The molecule has 5 heteroatoms. The topological polar surface area (TPSA) is 25.4 Å². The number of hydrogen-bond donors (Lipinski definition) is 0. The molecule has 0 spiro atoms. The quantitative estimate of drug-likeness (QED) is 0.762. The van der Waals surface area contributed by atoms with E-state index in [1.165, 1.54) is 0 Å². The van der Waals surface area contributed by atoms with Crippen molar-refractivity contribution in [3.8, 4) is 0 Å². The van der Waals surface area contributed by atoms with Gasteiger partial charge in [0.15, 0.2) is 5.13 Å². The monoisotopic (exact) mass is 262 g/mol. The van der Waals surface area contributed by atoms with E-state index in [0.717, 1.165) is 42.5 Å². The van der Waals surface area contributed by atoms with Crippen molar-refractivity contribution in [1.82, 2.24) is 4.98 Å². The second-order valence-corrected chi connectivity index (χ2v) is 4.25. The lowest BCUT2D eigenvalue weighted by atomic mass is 10.5. The Hall–Kier alpha value is -0.130. The number of nitrogens with zero attached hydrogens (tertiary/aromatic N) is 2. The summed E-state index contributed by atoms with van der Waals surface area (Å²) in [5, 5.41) is 4.06. The number of rotatable bonds is 2. The minimum absolute atomic E-state index is 0.823. The minimum atomic E-state index is 0.823. The first-order valence-corrected chi connectivity index (χ1v) is 6.23. The van der Waals surface area contributed by atoms with Gasteiger partial charge in [0.1, 0.15) is 0 Å². The van der Waals surface area contributed by atoms with Crippen LogP contribution in [0, 0.1) is 0 Å². The first-order valence-electron chi connectivity index (χ1n) is 4.23. The van der Waals surface area contributed by atoms with Gasteiger partial charge < -0.3 is 9.64 Å². The molecular weight excluding hydrogens is 252 g/mol. The third kappa shape index (κ3) is 2.21. The Balaban J connectivity index is 2.05. The van der Waals surface area contributed by atoms with Crippen LogP contribution in [0.3, 0.4) is 0 Å². The number of thiazole rings is 1. The van der Waals surface area contributed by atoms with E-state index in [1.54, 1.807) is 11.3 Å². The smallest absolute Gasteiger partial charge is 0.185 e. The van der Waals surface area contributed by atoms with Gasteiger partial charge in [-0.2, -0.15) is 0 Å². The van der Waals surface area contributed by atoms with Gasteiger partial charge in [-0.3, -0.25) is 0 Å². The largest absolute Gasteiger partial charge is 0.378 e. The van der Waals surface area contributed by atoms with E-state index < -0.39 is 0 Å². The number of alkyl halides is 1. The van der Waals surface area contributed by atoms with Crippen LogP contribution < -0.4 is 4.90 Å². The summed E-state index contributed by atoms with van der Waals surface area (Å²) < 4.78 is 5.28. The van der Waals surface area contributed by atoms with Crippen LogP contribution in [-0.2, 0) is 10.1 Å². The minimum Gasteiger partial charge on any atom is -0.378 e. The van der Waals surface area contributed by atoms with Crippen molar-refractivity contribution in [3.63, 3.8) is 0 Å². The van der Waals surface area contributed by atoms with Crippen LogP contribution in [0.1, 0.15) is 5.69 Å². The fraction of sp³-hybridized carbons (Fsp3) is 0.625. The van der Waals surface area contributed by atoms with E-state index in [0.29, 0.717) is 0 Å². The van der Waals surface area contributed by atoms with Crippen molar-refractivity contribution in [2.24, 2.45) is 0 Å². The van der Waals surface area contributed by atoms with Crippen LogP contribution in [0.25, 0.3) is 0 Å². The molecule has 0 saturated carbocycles. The van der Waals surface area contributed by atoms with Gasteiger partial charge in [-0.25, -0.2) is 4.98 Å². The summed E-state index contributed by atoms with van der Waals surface area (Å²) in [6, 6.07) is 0. The van der Waals surface area contributed by atoms with E-state index >= 15 is 0 Å². The summed E-state index contributed by atoms with van der Waals surface area (Å²) in [6.07, 6.45) is 0. The van der Waals surface area contributed by atoms with Crippen molar-refractivity contribution in [3.05, 3.63) is 11.1 Å². The number of anilines is 1. The second kappa shape index (κ2) is 4.39. The highest BCUT2D eigenvalue weighted by molar-refractivity contribution is 9.08. The Bertz CT molecular complexity index is 273. The van der Waals surface area contributed by atoms with E-state index in [4.69, 9.17) is 4.74 Å². The summed E-state index contributed by atoms with van der Waals surface area (Å²) in [4.78, 5) is 6.77. The lowest BCUT2D eigenvalue weighted by molar-refractivity contribution is 0.122. The van der Waals surface area contributed by atoms with E-state index in [-0.39, 0.29) is 0 Å². The zero-order valence-corrected chi connectivity index (χ0v) is 9.60. The highest BCUT2D eigenvalue weighted by Crippen LogP contribution is 2.22. The molecule has 1 aliphatic heterocycles. The molecule has 3 nitrogen and oxygen atoms in total. The van der Waals surface area contributed by atoms with Crippen LogP contribution in [0.5, 0.6) is 0 Å². The molecule has 1 aliphatic rings. The summed E-state index contributed by atoms with van der Waals surface area (Å²) in [7, 11) is 0. The number of morpholine rings is 1. The number of ether oxygens (including phenoxy) is 1. The van der Waals surface area contributed by atoms with Crippen LogP contribution in [0.2, 0.25) is 0 Å². The molecule has 0 atom stereocenters. The molecule has 0 unspecified atom stereocenters. The number of halogens is 1. The van der Waals surface area contributed by atoms with E-state index in [9.17, 15) is 0 Å². The van der Waals surface area contributed by atoms with Crippen LogP contribution in [-0.4, -0.2) is 31.3 Å². The van der Waals surface area contributed by atoms with Crippen LogP contribution in [0.15, 0.2) is 5.38 Å². The van der Waals surface area contributed by atoms with Gasteiger partial charge in [-0.15, -0.1) is 11.3 Å². The zero-order chi connectivity index (χ0) is 9.10. The van der Waals surface area contributed by atoms with Gasteiger partial charge in [-0.1, -0.05) is 15.9 Å². The number of aromatic nitrogens is 1. The standard InChI is InChI=1S/C8H11BrN2OS/c9-5-7-6-13-8(10-7)11-1-3-12-4-2-11/h6H,1-5H2. The average Bonchev–Trinajstić information content (AvgIpc) is 2.67. The first-order chi connectivity index (χ1) is 6.40. The third-order valence-electron chi connectivity index (χ3n) is 1.96. The highest BCUT2D eigenvalue weighted by atomic mass is 79.9. The first kappa shape index (κ1) is 9.43. The van der Waals surface area contributed by atoms with Crippen molar-refractivity contribution in [2.75, 3.05) is 31.2 Å². The molecule has 72 valence electrons. The maximum absolute atomic E-state index is 5.28. The van der Waals surface area contributed by atoms with Crippen molar-refractivity contribution >= 4 is 32.4 Å². The average molecular weight is 263 g/mol. The fourth-order valence-electron chi connectivity index (χ4n) is 1.26. The molecule has 2 heterocycles. The maximum atomic E-state index is 5.28. The predicted molar refractivity (Wildman–Crippen MR) is 57.8 cm³/mol. The van der Waals surface area contributed by atoms with E-state index in [2.05, 4.69) is 31.2 Å². The van der Waals surface area contributed by atoms with Crippen molar-refractivity contribution in [1.29, 1.82) is 0 Å². The molecule has 0 bridgehead atoms. The summed E-state index contributed by atoms with van der Waals surface area (Å²) in [6.45, 7) is 3.58. The van der Waals surface area contributed by atoms with Gasteiger partial charge in [0.25, 0.3) is 0 Å². The Morgan fingerprint density at radius 2 is 2.31 bits per heavy atom. The van der Waals surface area contributed by atoms with Gasteiger partial charge in [0.05, 0.1) is 18.9 Å². The number of hydrogen-bond acceptors (Lipinski definition) is 4. The summed E-state index contributed by atoms with van der Waals surface area (Å²) in [5.74, 6) is 0. The van der Waals surface area contributed by atoms with Crippen molar-refractivity contribution < 1.29 is 4.74 Å². The summed E-state index contributed by atoms with van der Waals surface area (Å²) >= 11 is 5.11. The molecule has 1 aromatic heterocycles. The molecule has 1 saturated heterocycles. The molecule has 0 amide bonds. The van der Waals surface area contributed by atoms with Gasteiger partial charge in [0, 0.05) is 23.8 Å². The molecule has 13 heavy (non-hydrogen) atoms. The SMILES string of the molecule is BrCc1csc(N2CCOCC2)n1. The Kier molecular flexibility index (Phi) is 3.18. The summed E-state index contributed by atoms with van der Waals surface area (Å²) in [5.41, 5.74) is 1.12. The third-order valence-corrected chi connectivity index (χ3v) is 3.48. The van der Waals surface area contributed by atoms with Crippen LogP contribution >= 0.6 is 27.3 Å². The zero-order valence-electron chi connectivity index (χ0n) is 7.20. The molecular formula is C8H11BrN2OS. The highest BCUT2D eigenvalue weighted by Gasteiger charge is 2.13. The Morgan fingerprint density at radius 1 is 1.54 bits per heavy atom. The Labute approximate surface area is 89.9 Å². The normalized spacial score (nSPS) is 17.8.